The van der Waals surface area contributed by atoms with Gasteiger partial charge in [-0.15, -0.1) is 0 Å². The van der Waals surface area contributed by atoms with E-state index in [1.165, 1.54) is 15.9 Å². The summed E-state index contributed by atoms with van der Waals surface area (Å²) in [5.74, 6) is -1.64. The number of nitrogens with one attached hydrogen (secondary N) is 1. The molecular weight excluding hydrogens is 513 g/mol. The zero-order valence-corrected chi connectivity index (χ0v) is 20.8. The van der Waals surface area contributed by atoms with Crippen LogP contribution in [0.25, 0.3) is 0 Å². The quantitative estimate of drug-likeness (QED) is 0.281. The molecule has 0 unspecified atom stereocenters. The molecule has 1 atom stereocenters. The van der Waals surface area contributed by atoms with Crippen molar-refractivity contribution in [1.29, 1.82) is 0 Å². The van der Waals surface area contributed by atoms with E-state index in [0.29, 0.717) is 26.5 Å². The highest BCUT2D eigenvalue weighted by molar-refractivity contribution is 6.31. The lowest BCUT2D eigenvalue weighted by Crippen LogP contribution is -2.58. The van der Waals surface area contributed by atoms with Crippen molar-refractivity contribution in [1.82, 2.24) is 9.96 Å². The zero-order chi connectivity index (χ0) is 26.2. The molecule has 1 heterocycles. The average molecular weight is 535 g/mol. The van der Waals surface area contributed by atoms with Crippen LogP contribution in [0.1, 0.15) is 19.4 Å². The summed E-state index contributed by atoms with van der Waals surface area (Å²) in [5.41, 5.74) is -0.950. The number of anilines is 2. The van der Waals surface area contributed by atoms with Gasteiger partial charge in [0, 0.05) is 27.0 Å². The summed E-state index contributed by atoms with van der Waals surface area (Å²) in [7, 11) is 0. The molecule has 0 saturated carbocycles. The highest BCUT2D eigenvalue weighted by Gasteiger charge is 2.56. The fourth-order valence-electron chi connectivity index (χ4n) is 4.14. The van der Waals surface area contributed by atoms with Gasteiger partial charge in [0.1, 0.15) is 11.6 Å². The Hall–Kier alpha value is -3.40. The number of hydrogen-bond donors (Lipinski definition) is 2. The number of benzene rings is 3. The minimum absolute atomic E-state index is 0.314. The summed E-state index contributed by atoms with van der Waals surface area (Å²) in [4.78, 5) is 29.1. The second-order valence-corrected chi connectivity index (χ2v) is 9.60. The van der Waals surface area contributed by atoms with Gasteiger partial charge in [0.05, 0.1) is 12.1 Å². The van der Waals surface area contributed by atoms with Gasteiger partial charge in [-0.25, -0.2) is 18.4 Å². The number of rotatable bonds is 5. The van der Waals surface area contributed by atoms with Crippen LogP contribution in [0.5, 0.6) is 0 Å². The number of nitrogens with zero attached hydrogens (tertiary/aromatic N) is 3. The maximum Gasteiger partial charge on any atom is 0.347 e. The van der Waals surface area contributed by atoms with Crippen LogP contribution < -0.4 is 10.2 Å². The van der Waals surface area contributed by atoms with Gasteiger partial charge in [-0.1, -0.05) is 29.3 Å². The summed E-state index contributed by atoms with van der Waals surface area (Å²) in [5, 5.41) is 14.9. The lowest BCUT2D eigenvalue weighted by Gasteiger charge is -2.38. The van der Waals surface area contributed by atoms with Crippen molar-refractivity contribution in [2.24, 2.45) is 0 Å². The van der Waals surface area contributed by atoms with Gasteiger partial charge in [0.2, 0.25) is 0 Å². The molecule has 1 aliphatic heterocycles. The third-order valence-corrected chi connectivity index (χ3v) is 6.53. The normalized spacial score (nSPS) is 16.9. The molecule has 2 N–H and O–H groups in total. The summed E-state index contributed by atoms with van der Waals surface area (Å²) in [6, 6.07) is 14.2. The maximum atomic E-state index is 14.5. The molecule has 0 spiro atoms. The molecule has 0 radical (unpaired) electrons. The van der Waals surface area contributed by atoms with Gasteiger partial charge in [-0.2, -0.15) is 5.06 Å². The Morgan fingerprint density at radius 2 is 1.53 bits per heavy atom. The lowest BCUT2D eigenvalue weighted by molar-refractivity contribution is -0.0955. The molecule has 11 heteroatoms. The predicted octanol–water partition coefficient (Wildman–Crippen LogP) is 6.74. The van der Waals surface area contributed by atoms with Crippen molar-refractivity contribution in [2.75, 3.05) is 10.2 Å². The Bertz CT molecular complexity index is 1270. The molecule has 1 fully saturated rings. The molecule has 0 aliphatic carbocycles. The molecule has 36 heavy (non-hydrogen) atoms. The smallest absolute Gasteiger partial charge is 0.311 e. The molecule has 188 valence electrons. The van der Waals surface area contributed by atoms with Crippen molar-refractivity contribution in [3.05, 3.63) is 94.0 Å². The van der Waals surface area contributed by atoms with E-state index >= 15 is 0 Å². The number of amides is 4. The minimum atomic E-state index is -1.31. The fraction of sp³-hybridized carbons (Fsp3) is 0.200. The van der Waals surface area contributed by atoms with E-state index in [1.807, 2.05) is 0 Å². The van der Waals surface area contributed by atoms with Crippen molar-refractivity contribution >= 4 is 46.6 Å². The highest BCUT2D eigenvalue weighted by Crippen LogP contribution is 2.39. The van der Waals surface area contributed by atoms with Gasteiger partial charge >= 0.3 is 12.1 Å². The summed E-state index contributed by atoms with van der Waals surface area (Å²) in [6.07, 6.45) is -1.28. The Labute approximate surface area is 216 Å². The molecule has 1 saturated heterocycles. The number of hydroxylamine groups is 2. The maximum absolute atomic E-state index is 14.5. The van der Waals surface area contributed by atoms with E-state index in [-0.39, 0.29) is 5.56 Å². The van der Waals surface area contributed by atoms with Gasteiger partial charge in [0.25, 0.3) is 0 Å². The number of hydrogen-bond acceptors (Lipinski definition) is 3. The average Bonchev–Trinajstić information content (AvgIpc) is 3.02. The van der Waals surface area contributed by atoms with Gasteiger partial charge < -0.3 is 10.2 Å². The van der Waals surface area contributed by atoms with Crippen molar-refractivity contribution in [2.45, 2.75) is 32.1 Å². The standard InChI is InChI=1S/C25H22Cl2F2N4O3/c1-25(2)22(33(36)23(34)30-17-10-6-15(26)7-11-17)32(18-12-8-16(27)9-13-18)24(35)31(25)14-19-20(28)4-3-5-21(19)29/h3-13,22,36H,14H2,1-2H3,(H,30,34)/t22-/m0/s1. The summed E-state index contributed by atoms with van der Waals surface area (Å²) in [6.45, 7) is 2.74. The fourth-order valence-corrected chi connectivity index (χ4v) is 4.39. The first-order valence-corrected chi connectivity index (χ1v) is 11.6. The van der Waals surface area contributed by atoms with E-state index in [4.69, 9.17) is 23.2 Å². The molecule has 4 amide bonds. The van der Waals surface area contributed by atoms with E-state index < -0.39 is 41.9 Å². The molecule has 0 aromatic heterocycles. The van der Waals surface area contributed by atoms with Crippen LogP contribution in [0.4, 0.5) is 29.7 Å². The molecule has 4 rings (SSSR count). The third-order valence-electron chi connectivity index (χ3n) is 6.03. The summed E-state index contributed by atoms with van der Waals surface area (Å²) >= 11 is 11.9. The monoisotopic (exact) mass is 534 g/mol. The second kappa shape index (κ2) is 9.93. The highest BCUT2D eigenvalue weighted by atomic mass is 35.5. The van der Waals surface area contributed by atoms with E-state index in [1.54, 1.807) is 62.4 Å². The number of carbonyl (C=O) groups excluding carboxylic acids is 2. The van der Waals surface area contributed by atoms with Crippen LogP contribution in [0, 0.1) is 11.6 Å². The number of halogens is 4. The topological polar surface area (TPSA) is 76.1 Å². The predicted molar refractivity (Wildman–Crippen MR) is 133 cm³/mol. The molecule has 3 aromatic carbocycles. The zero-order valence-electron chi connectivity index (χ0n) is 19.3. The largest absolute Gasteiger partial charge is 0.347 e. The first-order valence-electron chi connectivity index (χ1n) is 10.8. The van der Waals surface area contributed by atoms with Crippen LogP contribution >= 0.6 is 23.2 Å². The van der Waals surface area contributed by atoms with Crippen molar-refractivity contribution in [3.63, 3.8) is 0 Å². The van der Waals surface area contributed by atoms with Crippen molar-refractivity contribution in [3.8, 4) is 0 Å². The third kappa shape index (κ3) is 4.82. The minimum Gasteiger partial charge on any atom is -0.311 e. The number of urea groups is 2. The van der Waals surface area contributed by atoms with Gasteiger partial charge in [-0.05, 0) is 74.5 Å². The molecular formula is C25H22Cl2F2N4O3. The van der Waals surface area contributed by atoms with Crippen molar-refractivity contribution < 1.29 is 23.6 Å². The van der Waals surface area contributed by atoms with Crippen LogP contribution in [0.3, 0.4) is 0 Å². The van der Waals surface area contributed by atoms with Gasteiger partial charge in [-0.3, -0.25) is 10.1 Å². The first-order chi connectivity index (χ1) is 17.0. The Balaban J connectivity index is 1.73. The van der Waals surface area contributed by atoms with E-state index in [9.17, 15) is 23.6 Å². The summed E-state index contributed by atoms with van der Waals surface area (Å²) < 4.78 is 28.9. The molecule has 0 bridgehead atoms. The lowest BCUT2D eigenvalue weighted by atomic mass is 9.99. The van der Waals surface area contributed by atoms with Crippen LogP contribution in [-0.2, 0) is 6.54 Å². The Kier molecular flexibility index (Phi) is 7.08. The second-order valence-electron chi connectivity index (χ2n) is 8.72. The number of carbonyl (C=O) groups is 2. The molecule has 7 nitrogen and oxygen atoms in total. The molecule has 3 aromatic rings. The Morgan fingerprint density at radius 3 is 2.08 bits per heavy atom. The first kappa shape index (κ1) is 25.7. The van der Waals surface area contributed by atoms with Crippen LogP contribution in [0.15, 0.2) is 66.7 Å². The molecule has 1 aliphatic rings. The van der Waals surface area contributed by atoms with Crippen LogP contribution in [-0.4, -0.2) is 38.9 Å². The van der Waals surface area contributed by atoms with Gasteiger partial charge in [0.15, 0.2) is 6.17 Å². The van der Waals surface area contributed by atoms with E-state index in [2.05, 4.69) is 5.32 Å². The van der Waals surface area contributed by atoms with Crippen LogP contribution in [0.2, 0.25) is 10.0 Å². The van der Waals surface area contributed by atoms with E-state index in [0.717, 1.165) is 12.1 Å². The Morgan fingerprint density at radius 1 is 1.00 bits per heavy atom. The SMILES string of the molecule is CC1(C)[C@H](N(O)C(=O)Nc2ccc(Cl)cc2)N(c2ccc(Cl)cc2)C(=O)N1Cc1c(F)cccc1F.